The molecule has 2 aliphatic heterocycles. The van der Waals surface area contributed by atoms with Crippen molar-refractivity contribution >= 4 is 46.2 Å². The fourth-order valence-corrected chi connectivity index (χ4v) is 5.07. The Morgan fingerprint density at radius 2 is 2.25 bits per heavy atom. The molecule has 2 amide bonds. The normalized spacial score (nSPS) is 22.8. The number of piperidine rings is 1. The molecule has 0 saturated carbocycles. The maximum absolute atomic E-state index is 13.4. The van der Waals surface area contributed by atoms with Crippen molar-refractivity contribution in [1.29, 1.82) is 0 Å². The van der Waals surface area contributed by atoms with Crippen LogP contribution in [0.15, 0.2) is 29.2 Å². The first-order valence-corrected chi connectivity index (χ1v) is 10.6. The zero-order valence-corrected chi connectivity index (χ0v) is 17.3. The smallest absolute Gasteiger partial charge is 0.266 e. The number of likely N-dealkylation sites (tertiary alicyclic amines) is 1. The van der Waals surface area contributed by atoms with Crippen molar-refractivity contribution in [2.45, 2.75) is 44.7 Å². The molecule has 3 rings (SSSR count). The standard InChI is InChI=1S/C20H23FN2O3S2/c1-13(18(25)22-9-3-2-7-16(22)8-10-24)23-19(26)17(28-20(23)27)12-14-5-4-6-15(21)11-14/h4-6,11-13,16,24H,2-3,7-10H2,1H3. The summed E-state index contributed by atoms with van der Waals surface area (Å²) < 4.78 is 13.7. The number of benzene rings is 1. The van der Waals surface area contributed by atoms with Crippen LogP contribution >= 0.6 is 24.0 Å². The van der Waals surface area contributed by atoms with Gasteiger partial charge in [0.2, 0.25) is 5.91 Å². The summed E-state index contributed by atoms with van der Waals surface area (Å²) in [6.45, 7) is 2.34. The highest BCUT2D eigenvalue weighted by molar-refractivity contribution is 8.26. The number of rotatable bonds is 5. The molecule has 2 heterocycles. The molecule has 1 aromatic carbocycles. The summed E-state index contributed by atoms with van der Waals surface area (Å²) in [7, 11) is 0. The van der Waals surface area contributed by atoms with Crippen molar-refractivity contribution in [2.24, 2.45) is 0 Å². The van der Waals surface area contributed by atoms with E-state index in [4.69, 9.17) is 12.2 Å². The van der Waals surface area contributed by atoms with E-state index in [-0.39, 0.29) is 30.3 Å². The first-order valence-electron chi connectivity index (χ1n) is 9.36. The van der Waals surface area contributed by atoms with E-state index in [0.29, 0.717) is 27.8 Å². The van der Waals surface area contributed by atoms with E-state index < -0.39 is 6.04 Å². The molecule has 2 fully saturated rings. The van der Waals surface area contributed by atoms with Gasteiger partial charge in [-0.1, -0.05) is 36.1 Å². The van der Waals surface area contributed by atoms with Crippen LogP contribution in [0.25, 0.3) is 6.08 Å². The number of aliphatic hydroxyl groups is 1. The monoisotopic (exact) mass is 422 g/mol. The lowest BCUT2D eigenvalue weighted by atomic mass is 9.98. The predicted octanol–water partition coefficient (Wildman–Crippen LogP) is 3.18. The lowest BCUT2D eigenvalue weighted by molar-refractivity contribution is -0.142. The van der Waals surface area contributed by atoms with E-state index in [1.807, 2.05) is 0 Å². The van der Waals surface area contributed by atoms with Gasteiger partial charge in [0.25, 0.3) is 5.91 Å². The van der Waals surface area contributed by atoms with Crippen LogP contribution in [-0.4, -0.2) is 56.3 Å². The maximum Gasteiger partial charge on any atom is 0.266 e. The van der Waals surface area contributed by atoms with Crippen LogP contribution in [0.4, 0.5) is 4.39 Å². The van der Waals surface area contributed by atoms with Crippen molar-refractivity contribution in [3.05, 3.63) is 40.6 Å². The quantitative estimate of drug-likeness (QED) is 0.583. The summed E-state index contributed by atoms with van der Waals surface area (Å²) >= 11 is 6.48. The Bertz CT molecular complexity index is 812. The van der Waals surface area contributed by atoms with Crippen LogP contribution in [-0.2, 0) is 9.59 Å². The molecular weight excluding hydrogens is 399 g/mol. The molecule has 0 spiro atoms. The minimum Gasteiger partial charge on any atom is -0.396 e. The third-order valence-electron chi connectivity index (χ3n) is 5.09. The topological polar surface area (TPSA) is 60.9 Å². The lowest BCUT2D eigenvalue weighted by Crippen LogP contribution is -2.53. The largest absolute Gasteiger partial charge is 0.396 e. The predicted molar refractivity (Wildman–Crippen MR) is 112 cm³/mol. The highest BCUT2D eigenvalue weighted by Gasteiger charge is 2.40. The number of thioether (sulfide) groups is 1. The average Bonchev–Trinajstić information content (AvgIpc) is 2.94. The van der Waals surface area contributed by atoms with Crippen molar-refractivity contribution in [3.8, 4) is 0 Å². The minimum atomic E-state index is -0.717. The van der Waals surface area contributed by atoms with Gasteiger partial charge in [-0.05, 0) is 56.4 Å². The van der Waals surface area contributed by atoms with E-state index in [9.17, 15) is 19.1 Å². The molecular formula is C20H23FN2O3S2. The second kappa shape index (κ2) is 9.15. The molecule has 1 aromatic rings. The lowest BCUT2D eigenvalue weighted by Gasteiger charge is -2.38. The maximum atomic E-state index is 13.4. The van der Waals surface area contributed by atoms with Crippen molar-refractivity contribution in [1.82, 2.24) is 9.80 Å². The number of aliphatic hydroxyl groups excluding tert-OH is 1. The van der Waals surface area contributed by atoms with Gasteiger partial charge in [-0.25, -0.2) is 4.39 Å². The van der Waals surface area contributed by atoms with E-state index >= 15 is 0 Å². The number of carbonyl (C=O) groups is 2. The molecule has 0 aromatic heterocycles. The number of halogens is 1. The van der Waals surface area contributed by atoms with Gasteiger partial charge in [0, 0.05) is 19.2 Å². The Balaban J connectivity index is 1.78. The fraction of sp³-hybridized carbons (Fsp3) is 0.450. The molecule has 8 heteroatoms. The highest BCUT2D eigenvalue weighted by atomic mass is 32.2. The zero-order valence-electron chi connectivity index (χ0n) is 15.6. The molecule has 0 radical (unpaired) electrons. The van der Waals surface area contributed by atoms with Crippen molar-refractivity contribution in [2.75, 3.05) is 13.2 Å². The van der Waals surface area contributed by atoms with E-state index in [2.05, 4.69) is 0 Å². The van der Waals surface area contributed by atoms with Gasteiger partial charge in [-0.15, -0.1) is 0 Å². The van der Waals surface area contributed by atoms with Gasteiger partial charge in [0.1, 0.15) is 16.2 Å². The third kappa shape index (κ3) is 4.45. The molecule has 0 aliphatic carbocycles. The third-order valence-corrected chi connectivity index (χ3v) is 6.42. The van der Waals surface area contributed by atoms with Gasteiger partial charge in [-0.3, -0.25) is 14.5 Å². The number of amides is 2. The fourth-order valence-electron chi connectivity index (χ4n) is 3.65. The van der Waals surface area contributed by atoms with E-state index in [1.54, 1.807) is 30.0 Å². The van der Waals surface area contributed by atoms with Crippen molar-refractivity contribution in [3.63, 3.8) is 0 Å². The average molecular weight is 423 g/mol. The number of hydrogen-bond donors (Lipinski definition) is 1. The molecule has 2 saturated heterocycles. The summed E-state index contributed by atoms with van der Waals surface area (Å²) in [5.74, 6) is -0.870. The first-order chi connectivity index (χ1) is 13.4. The SMILES string of the molecule is CC(C(=O)N1CCCCC1CCO)N1C(=O)C(=Cc2cccc(F)c2)SC1=S. The summed E-state index contributed by atoms with van der Waals surface area (Å²) in [6.07, 6.45) is 4.93. The van der Waals surface area contributed by atoms with Crippen LogP contribution < -0.4 is 0 Å². The highest BCUT2D eigenvalue weighted by Crippen LogP contribution is 2.35. The molecule has 2 aliphatic rings. The summed E-state index contributed by atoms with van der Waals surface area (Å²) in [5, 5.41) is 9.29. The van der Waals surface area contributed by atoms with E-state index in [1.165, 1.54) is 17.0 Å². The van der Waals surface area contributed by atoms with Crippen molar-refractivity contribution < 1.29 is 19.1 Å². The first kappa shape index (κ1) is 21.0. The summed E-state index contributed by atoms with van der Waals surface area (Å²) in [6, 6.07) is 5.24. The molecule has 2 atom stereocenters. The Morgan fingerprint density at radius 3 is 2.96 bits per heavy atom. The Kier molecular flexibility index (Phi) is 6.85. The van der Waals surface area contributed by atoms with Crippen LogP contribution in [0.2, 0.25) is 0 Å². The molecule has 0 bridgehead atoms. The van der Waals surface area contributed by atoms with Gasteiger partial charge in [-0.2, -0.15) is 0 Å². The number of nitrogens with zero attached hydrogens (tertiary/aromatic N) is 2. The van der Waals surface area contributed by atoms with Gasteiger partial charge < -0.3 is 10.0 Å². The molecule has 2 unspecified atom stereocenters. The second-order valence-corrected chi connectivity index (χ2v) is 8.65. The van der Waals surface area contributed by atoms with Crippen LogP contribution in [0, 0.1) is 5.82 Å². The number of thiocarbonyl (C=S) groups is 1. The van der Waals surface area contributed by atoms with E-state index in [0.717, 1.165) is 31.0 Å². The molecule has 5 nitrogen and oxygen atoms in total. The summed E-state index contributed by atoms with van der Waals surface area (Å²) in [4.78, 5) is 29.5. The van der Waals surface area contributed by atoms with Gasteiger partial charge >= 0.3 is 0 Å². The summed E-state index contributed by atoms with van der Waals surface area (Å²) in [5.41, 5.74) is 0.568. The van der Waals surface area contributed by atoms with Crippen LogP contribution in [0.5, 0.6) is 0 Å². The Morgan fingerprint density at radius 1 is 1.46 bits per heavy atom. The van der Waals surface area contributed by atoms with Crippen LogP contribution in [0.1, 0.15) is 38.2 Å². The van der Waals surface area contributed by atoms with Gasteiger partial charge in [0.05, 0.1) is 4.91 Å². The molecule has 150 valence electrons. The Labute approximate surface area is 173 Å². The Hall–Kier alpha value is -1.77. The molecule has 28 heavy (non-hydrogen) atoms. The minimum absolute atomic E-state index is 0.00469. The molecule has 1 N–H and O–H groups in total. The number of hydrogen-bond acceptors (Lipinski definition) is 5. The van der Waals surface area contributed by atoms with Crippen LogP contribution in [0.3, 0.4) is 0 Å². The second-order valence-electron chi connectivity index (χ2n) is 6.98. The van der Waals surface area contributed by atoms with Gasteiger partial charge in [0.15, 0.2) is 0 Å². The number of carbonyl (C=O) groups excluding carboxylic acids is 2. The zero-order chi connectivity index (χ0) is 20.3.